The first-order valence-electron chi connectivity index (χ1n) is 6.20. The van der Waals surface area contributed by atoms with E-state index in [-0.39, 0.29) is 5.76 Å². The molecule has 0 aliphatic carbocycles. The first-order valence-corrected chi connectivity index (χ1v) is 6.99. The molecule has 0 N–H and O–H groups in total. The lowest BCUT2D eigenvalue weighted by molar-refractivity contribution is 0.00381. The molecule has 110 valence electrons. The number of nitrogens with zero attached hydrogens (tertiary/aromatic N) is 1. The second-order valence-corrected chi connectivity index (χ2v) is 6.21. The summed E-state index contributed by atoms with van der Waals surface area (Å²) >= 11 is 3.29. The molecule has 0 radical (unpaired) electrons. The molecule has 0 unspecified atom stereocenters. The maximum atomic E-state index is 12.0. The van der Waals surface area contributed by atoms with Crippen LogP contribution in [0.4, 0.5) is 0 Å². The number of carbonyl (C=O) groups is 1. The van der Waals surface area contributed by atoms with Crippen LogP contribution in [-0.4, -0.2) is 18.7 Å². The van der Waals surface area contributed by atoms with Gasteiger partial charge in [0.15, 0.2) is 11.3 Å². The molecule has 0 bridgehead atoms. The minimum Gasteiger partial charge on any atom is -0.492 e. The summed E-state index contributed by atoms with van der Waals surface area (Å²) in [6, 6.07) is 5.22. The summed E-state index contributed by atoms with van der Waals surface area (Å²) in [5, 5.41) is 9.71. The van der Waals surface area contributed by atoms with E-state index in [0.717, 1.165) is 0 Å². The van der Waals surface area contributed by atoms with E-state index in [1.54, 1.807) is 32.9 Å². The molecular formula is C15H14BrNO4. The highest BCUT2D eigenvalue weighted by Gasteiger charge is 2.23. The van der Waals surface area contributed by atoms with Gasteiger partial charge < -0.3 is 13.9 Å². The second kappa shape index (κ2) is 5.41. The number of carbonyl (C=O) groups excluding carboxylic acids is 1. The van der Waals surface area contributed by atoms with Crippen LogP contribution in [0.3, 0.4) is 0 Å². The zero-order valence-electron chi connectivity index (χ0n) is 12.1. The number of esters is 1. The van der Waals surface area contributed by atoms with Crippen molar-refractivity contribution in [3.8, 4) is 11.8 Å². The van der Waals surface area contributed by atoms with Crippen molar-refractivity contribution in [2.45, 2.75) is 26.4 Å². The van der Waals surface area contributed by atoms with Crippen LogP contribution in [0.1, 0.15) is 36.9 Å². The lowest BCUT2D eigenvalue weighted by Gasteiger charge is -2.18. The van der Waals surface area contributed by atoms with Crippen LogP contribution < -0.4 is 4.74 Å². The van der Waals surface area contributed by atoms with Crippen LogP contribution in [0.15, 0.2) is 21.0 Å². The van der Waals surface area contributed by atoms with Gasteiger partial charge in [-0.25, -0.2) is 4.79 Å². The molecule has 6 heteroatoms. The average molecular weight is 352 g/mol. The van der Waals surface area contributed by atoms with Crippen LogP contribution in [0, 0.1) is 11.3 Å². The third-order valence-corrected chi connectivity index (χ3v) is 3.41. The van der Waals surface area contributed by atoms with Gasteiger partial charge in [-0.15, -0.1) is 0 Å². The molecule has 0 fully saturated rings. The standard InChI is InChI=1S/C15H14BrNO4/c1-15(2,3)21-14(18)10-6-8-5-9(7-17)11(16)13(19-4)12(8)20-10/h5-6H,1-4H3. The number of hydrogen-bond donors (Lipinski definition) is 0. The summed E-state index contributed by atoms with van der Waals surface area (Å²) in [6.07, 6.45) is 0. The molecule has 0 aliphatic rings. The molecule has 21 heavy (non-hydrogen) atoms. The molecule has 2 rings (SSSR count). The molecule has 1 aromatic carbocycles. The highest BCUT2D eigenvalue weighted by atomic mass is 79.9. The van der Waals surface area contributed by atoms with Gasteiger partial charge >= 0.3 is 5.97 Å². The SMILES string of the molecule is COc1c(Br)c(C#N)cc2cc(C(=O)OC(C)(C)C)oc12. The van der Waals surface area contributed by atoms with E-state index in [1.807, 2.05) is 0 Å². The smallest absolute Gasteiger partial charge is 0.374 e. The van der Waals surface area contributed by atoms with Gasteiger partial charge in [-0.1, -0.05) is 0 Å². The van der Waals surface area contributed by atoms with Gasteiger partial charge in [-0.05, 0) is 48.8 Å². The quantitative estimate of drug-likeness (QED) is 0.763. The largest absolute Gasteiger partial charge is 0.492 e. The van der Waals surface area contributed by atoms with Gasteiger partial charge in [0.2, 0.25) is 5.76 Å². The predicted octanol–water partition coefficient (Wildman–Crippen LogP) is 4.03. The summed E-state index contributed by atoms with van der Waals surface area (Å²) in [7, 11) is 1.47. The Hall–Kier alpha value is -2.00. The van der Waals surface area contributed by atoms with E-state index in [1.165, 1.54) is 7.11 Å². The fourth-order valence-corrected chi connectivity index (χ4v) is 2.37. The Morgan fingerprint density at radius 2 is 2.05 bits per heavy atom. The minimum atomic E-state index is -0.613. The van der Waals surface area contributed by atoms with Crippen molar-refractivity contribution >= 4 is 32.9 Å². The van der Waals surface area contributed by atoms with Crippen LogP contribution in [0.2, 0.25) is 0 Å². The van der Waals surface area contributed by atoms with Gasteiger partial charge in [0, 0.05) is 5.39 Å². The van der Waals surface area contributed by atoms with E-state index in [0.29, 0.717) is 26.8 Å². The number of hydrogen-bond acceptors (Lipinski definition) is 5. The third kappa shape index (κ3) is 3.03. The van der Waals surface area contributed by atoms with Gasteiger partial charge in [0.25, 0.3) is 0 Å². The number of halogens is 1. The van der Waals surface area contributed by atoms with Crippen molar-refractivity contribution in [3.05, 3.63) is 27.9 Å². The Morgan fingerprint density at radius 3 is 2.57 bits per heavy atom. The van der Waals surface area contributed by atoms with Crippen LogP contribution >= 0.6 is 15.9 Å². The first kappa shape index (κ1) is 15.4. The van der Waals surface area contributed by atoms with Gasteiger partial charge in [-0.3, -0.25) is 0 Å². The number of nitriles is 1. The van der Waals surface area contributed by atoms with Gasteiger partial charge in [-0.2, -0.15) is 5.26 Å². The first-order chi connectivity index (χ1) is 9.76. The Balaban J connectivity index is 2.57. The number of rotatable bonds is 2. The van der Waals surface area contributed by atoms with E-state index in [2.05, 4.69) is 22.0 Å². The van der Waals surface area contributed by atoms with Crippen molar-refractivity contribution in [3.63, 3.8) is 0 Å². The molecule has 1 aromatic heterocycles. The maximum absolute atomic E-state index is 12.0. The minimum absolute atomic E-state index is 0.0696. The third-order valence-electron chi connectivity index (χ3n) is 2.63. The summed E-state index contributed by atoms with van der Waals surface area (Å²) in [5.41, 5.74) is 0.179. The van der Waals surface area contributed by atoms with E-state index in [4.69, 9.17) is 19.2 Å². The summed E-state index contributed by atoms with van der Waals surface area (Å²) in [6.45, 7) is 5.33. The van der Waals surface area contributed by atoms with Crippen LogP contribution in [0.25, 0.3) is 11.0 Å². The Bertz CT molecular complexity index is 750. The predicted molar refractivity (Wildman–Crippen MR) is 80.3 cm³/mol. The summed E-state index contributed by atoms with van der Waals surface area (Å²) in [4.78, 5) is 12.0. The fraction of sp³-hybridized carbons (Fsp3) is 0.333. The highest BCUT2D eigenvalue weighted by Crippen LogP contribution is 2.38. The summed E-state index contributed by atoms with van der Waals surface area (Å²) < 4.78 is 16.5. The highest BCUT2D eigenvalue weighted by molar-refractivity contribution is 9.10. The Morgan fingerprint density at radius 1 is 1.38 bits per heavy atom. The molecule has 2 aromatic rings. The fourth-order valence-electron chi connectivity index (χ4n) is 1.82. The number of methoxy groups -OCH3 is 1. The molecule has 0 saturated heterocycles. The molecule has 0 amide bonds. The summed E-state index contributed by atoms with van der Waals surface area (Å²) in [5.74, 6) is -0.116. The number of furan rings is 1. The van der Waals surface area contributed by atoms with Crippen molar-refractivity contribution in [1.82, 2.24) is 0 Å². The van der Waals surface area contributed by atoms with Crippen LogP contribution in [-0.2, 0) is 4.74 Å². The molecule has 0 spiro atoms. The molecular weight excluding hydrogens is 338 g/mol. The Kier molecular flexibility index (Phi) is 3.97. The lowest BCUT2D eigenvalue weighted by Crippen LogP contribution is -2.23. The van der Waals surface area contributed by atoms with Gasteiger partial charge in [0.05, 0.1) is 17.1 Å². The van der Waals surface area contributed by atoms with Crippen molar-refractivity contribution < 1.29 is 18.7 Å². The normalized spacial score (nSPS) is 11.2. The second-order valence-electron chi connectivity index (χ2n) is 5.41. The lowest BCUT2D eigenvalue weighted by atomic mass is 10.1. The Labute approximate surface area is 130 Å². The monoisotopic (exact) mass is 351 g/mol. The van der Waals surface area contributed by atoms with Crippen molar-refractivity contribution in [2.75, 3.05) is 7.11 Å². The van der Waals surface area contributed by atoms with E-state index >= 15 is 0 Å². The van der Waals surface area contributed by atoms with E-state index < -0.39 is 11.6 Å². The number of ether oxygens (including phenoxy) is 2. The number of fused-ring (bicyclic) bond motifs is 1. The molecule has 0 saturated carbocycles. The van der Waals surface area contributed by atoms with Gasteiger partial charge in [0.1, 0.15) is 11.7 Å². The van der Waals surface area contributed by atoms with Crippen molar-refractivity contribution in [1.29, 1.82) is 5.26 Å². The van der Waals surface area contributed by atoms with Crippen LogP contribution in [0.5, 0.6) is 5.75 Å². The zero-order chi connectivity index (χ0) is 15.8. The maximum Gasteiger partial charge on any atom is 0.374 e. The topological polar surface area (TPSA) is 72.5 Å². The van der Waals surface area contributed by atoms with Crippen molar-refractivity contribution in [2.24, 2.45) is 0 Å². The molecule has 5 nitrogen and oxygen atoms in total. The molecule has 0 aliphatic heterocycles. The number of benzene rings is 1. The van der Waals surface area contributed by atoms with E-state index in [9.17, 15) is 4.79 Å². The zero-order valence-corrected chi connectivity index (χ0v) is 13.7. The average Bonchev–Trinajstić information content (AvgIpc) is 2.79. The molecule has 1 heterocycles. The molecule has 0 atom stereocenters.